The standard InChI is InChI=1S/C15H20FN3OS/c16-13-6-10(15(17)21)3-4-14(13)18-7-12-8-19-5-1-2-11(19)9-20-12/h3-4,6,11-12,18H,1-2,5,7-9H2,(H2,17,21). The number of anilines is 1. The maximum absolute atomic E-state index is 14.0. The molecule has 3 rings (SSSR count). The van der Waals surface area contributed by atoms with Gasteiger partial charge in [-0.3, -0.25) is 4.90 Å². The largest absolute Gasteiger partial charge is 0.389 e. The van der Waals surface area contributed by atoms with Gasteiger partial charge in [-0.1, -0.05) is 12.2 Å². The first-order chi connectivity index (χ1) is 10.1. The molecule has 0 aromatic heterocycles. The van der Waals surface area contributed by atoms with Crippen LogP contribution in [0.2, 0.25) is 0 Å². The first-order valence-electron chi connectivity index (χ1n) is 7.32. The molecule has 2 heterocycles. The van der Waals surface area contributed by atoms with Crippen LogP contribution in [0.25, 0.3) is 0 Å². The highest BCUT2D eigenvalue weighted by molar-refractivity contribution is 7.80. The maximum atomic E-state index is 14.0. The van der Waals surface area contributed by atoms with Gasteiger partial charge in [-0.2, -0.15) is 0 Å². The van der Waals surface area contributed by atoms with Crippen LogP contribution in [-0.2, 0) is 4.74 Å². The molecule has 2 aliphatic heterocycles. The van der Waals surface area contributed by atoms with Crippen LogP contribution in [0.15, 0.2) is 18.2 Å². The third kappa shape index (κ3) is 3.33. The number of nitrogens with zero attached hydrogens (tertiary/aromatic N) is 1. The lowest BCUT2D eigenvalue weighted by molar-refractivity contribution is -0.0415. The third-order valence-corrected chi connectivity index (χ3v) is 4.47. The molecule has 114 valence electrons. The highest BCUT2D eigenvalue weighted by atomic mass is 32.1. The average Bonchev–Trinajstić information content (AvgIpc) is 2.93. The molecule has 0 bridgehead atoms. The average molecular weight is 309 g/mol. The van der Waals surface area contributed by atoms with Crippen LogP contribution in [0.4, 0.5) is 10.1 Å². The van der Waals surface area contributed by atoms with Gasteiger partial charge < -0.3 is 15.8 Å². The third-order valence-electron chi connectivity index (χ3n) is 4.24. The fourth-order valence-corrected chi connectivity index (χ4v) is 3.17. The number of ether oxygens (including phenoxy) is 1. The number of nitrogens with one attached hydrogen (secondary N) is 1. The number of nitrogens with two attached hydrogens (primary N) is 1. The van der Waals surface area contributed by atoms with E-state index in [0.29, 0.717) is 23.8 Å². The summed E-state index contributed by atoms with van der Waals surface area (Å²) in [5.74, 6) is -0.338. The van der Waals surface area contributed by atoms with Crippen molar-refractivity contribution in [1.82, 2.24) is 4.90 Å². The second kappa shape index (κ2) is 6.25. The zero-order valence-electron chi connectivity index (χ0n) is 11.8. The summed E-state index contributed by atoms with van der Waals surface area (Å²) in [6.07, 6.45) is 2.59. The van der Waals surface area contributed by atoms with Crippen LogP contribution in [0.3, 0.4) is 0 Å². The minimum Gasteiger partial charge on any atom is -0.389 e. The van der Waals surface area contributed by atoms with E-state index in [1.807, 2.05) is 0 Å². The molecule has 0 radical (unpaired) electrons. The summed E-state index contributed by atoms with van der Waals surface area (Å²) in [5.41, 5.74) is 6.50. The molecule has 2 unspecified atom stereocenters. The molecule has 1 aromatic rings. The summed E-state index contributed by atoms with van der Waals surface area (Å²) in [6, 6.07) is 5.35. The predicted molar refractivity (Wildman–Crippen MR) is 85.1 cm³/mol. The Morgan fingerprint density at radius 1 is 1.52 bits per heavy atom. The van der Waals surface area contributed by atoms with Crippen molar-refractivity contribution in [1.29, 1.82) is 0 Å². The summed E-state index contributed by atoms with van der Waals surface area (Å²) < 4.78 is 19.8. The van der Waals surface area contributed by atoms with Gasteiger partial charge >= 0.3 is 0 Å². The number of benzene rings is 1. The first kappa shape index (κ1) is 14.7. The highest BCUT2D eigenvalue weighted by Gasteiger charge is 2.31. The summed E-state index contributed by atoms with van der Waals surface area (Å²) in [7, 11) is 0. The van der Waals surface area contributed by atoms with Gasteiger partial charge in [0.25, 0.3) is 0 Å². The zero-order chi connectivity index (χ0) is 14.8. The van der Waals surface area contributed by atoms with E-state index in [9.17, 15) is 4.39 Å². The highest BCUT2D eigenvalue weighted by Crippen LogP contribution is 2.23. The smallest absolute Gasteiger partial charge is 0.146 e. The van der Waals surface area contributed by atoms with E-state index in [0.717, 1.165) is 19.7 Å². The normalized spacial score (nSPS) is 25.6. The second-order valence-electron chi connectivity index (χ2n) is 5.69. The number of hydrogen-bond acceptors (Lipinski definition) is 4. The van der Waals surface area contributed by atoms with Crippen molar-refractivity contribution < 1.29 is 9.13 Å². The molecule has 3 N–H and O–H groups in total. The fraction of sp³-hybridized carbons (Fsp3) is 0.533. The van der Waals surface area contributed by atoms with Crippen LogP contribution >= 0.6 is 12.2 Å². The van der Waals surface area contributed by atoms with Gasteiger partial charge in [0.1, 0.15) is 10.8 Å². The van der Waals surface area contributed by atoms with Gasteiger partial charge in [0, 0.05) is 24.7 Å². The molecule has 1 aromatic carbocycles. The first-order valence-corrected chi connectivity index (χ1v) is 7.73. The van der Waals surface area contributed by atoms with E-state index in [4.69, 9.17) is 22.7 Å². The quantitative estimate of drug-likeness (QED) is 0.830. The monoisotopic (exact) mass is 309 g/mol. The molecule has 0 spiro atoms. The summed E-state index contributed by atoms with van der Waals surface area (Å²) in [5, 5.41) is 3.12. The Balaban J connectivity index is 1.56. The van der Waals surface area contributed by atoms with Crippen molar-refractivity contribution in [2.45, 2.75) is 25.0 Å². The van der Waals surface area contributed by atoms with Crippen LogP contribution in [0.1, 0.15) is 18.4 Å². The number of rotatable bonds is 4. The van der Waals surface area contributed by atoms with Crippen molar-refractivity contribution >= 4 is 22.9 Å². The number of hydrogen-bond donors (Lipinski definition) is 2. The lowest BCUT2D eigenvalue weighted by Gasteiger charge is -2.35. The lowest BCUT2D eigenvalue weighted by Crippen LogP contribution is -2.48. The van der Waals surface area contributed by atoms with Crippen molar-refractivity contribution in [3.05, 3.63) is 29.6 Å². The van der Waals surface area contributed by atoms with Gasteiger partial charge in [-0.25, -0.2) is 4.39 Å². The van der Waals surface area contributed by atoms with Gasteiger partial charge in [-0.15, -0.1) is 0 Å². The minimum absolute atomic E-state index is 0.106. The van der Waals surface area contributed by atoms with Crippen molar-refractivity contribution in [2.24, 2.45) is 5.73 Å². The predicted octanol–water partition coefficient (Wildman–Crippen LogP) is 1.74. The van der Waals surface area contributed by atoms with Crippen LogP contribution in [0, 0.1) is 5.82 Å². The van der Waals surface area contributed by atoms with E-state index >= 15 is 0 Å². The molecule has 6 heteroatoms. The molecule has 4 nitrogen and oxygen atoms in total. The van der Waals surface area contributed by atoms with Crippen molar-refractivity contribution in [3.63, 3.8) is 0 Å². The Bertz CT molecular complexity index is 540. The molecular weight excluding hydrogens is 289 g/mol. The van der Waals surface area contributed by atoms with E-state index in [-0.39, 0.29) is 16.9 Å². The summed E-state index contributed by atoms with van der Waals surface area (Å²) in [6.45, 7) is 3.47. The van der Waals surface area contributed by atoms with E-state index < -0.39 is 0 Å². The summed E-state index contributed by atoms with van der Waals surface area (Å²) >= 11 is 4.84. The van der Waals surface area contributed by atoms with Gasteiger partial charge in [0.15, 0.2) is 0 Å². The second-order valence-corrected chi connectivity index (χ2v) is 6.13. The van der Waals surface area contributed by atoms with Gasteiger partial charge in [-0.05, 0) is 37.6 Å². The molecule has 0 saturated carbocycles. The Morgan fingerprint density at radius 3 is 3.14 bits per heavy atom. The number of morpholine rings is 1. The minimum atomic E-state index is -0.338. The molecule has 0 aliphatic carbocycles. The molecule has 21 heavy (non-hydrogen) atoms. The van der Waals surface area contributed by atoms with Crippen molar-refractivity contribution in [3.8, 4) is 0 Å². The maximum Gasteiger partial charge on any atom is 0.146 e. The lowest BCUT2D eigenvalue weighted by atomic mass is 10.1. The van der Waals surface area contributed by atoms with Gasteiger partial charge in [0.2, 0.25) is 0 Å². The molecular formula is C15H20FN3OS. The van der Waals surface area contributed by atoms with E-state index in [1.54, 1.807) is 12.1 Å². The Kier molecular flexibility index (Phi) is 4.37. The number of halogens is 1. The summed E-state index contributed by atoms with van der Waals surface area (Å²) in [4.78, 5) is 2.68. The molecule has 2 aliphatic rings. The van der Waals surface area contributed by atoms with Gasteiger partial charge in [0.05, 0.1) is 18.4 Å². The van der Waals surface area contributed by atoms with Crippen LogP contribution < -0.4 is 11.1 Å². The molecule has 0 amide bonds. The van der Waals surface area contributed by atoms with E-state index in [2.05, 4.69) is 10.2 Å². The molecule has 2 saturated heterocycles. The molecule has 2 fully saturated rings. The van der Waals surface area contributed by atoms with Crippen LogP contribution in [0.5, 0.6) is 0 Å². The fourth-order valence-electron chi connectivity index (χ4n) is 3.04. The Morgan fingerprint density at radius 2 is 2.38 bits per heavy atom. The Labute approximate surface area is 129 Å². The zero-order valence-corrected chi connectivity index (χ0v) is 12.7. The topological polar surface area (TPSA) is 50.5 Å². The molecule has 2 atom stereocenters. The number of thiocarbonyl (C=S) groups is 1. The van der Waals surface area contributed by atoms with E-state index in [1.165, 1.54) is 18.9 Å². The SMILES string of the molecule is NC(=S)c1ccc(NCC2CN3CCCC3CO2)c(F)c1. The van der Waals surface area contributed by atoms with Crippen molar-refractivity contribution in [2.75, 3.05) is 31.6 Å². The Hall–Kier alpha value is -1.24. The van der Waals surface area contributed by atoms with Crippen LogP contribution in [-0.4, -0.2) is 48.3 Å². The number of fused-ring (bicyclic) bond motifs is 1.